The van der Waals surface area contributed by atoms with Gasteiger partial charge in [-0.15, -0.1) is 0 Å². The number of amides is 2. The van der Waals surface area contributed by atoms with E-state index in [4.69, 9.17) is 0 Å². The second-order valence-corrected chi connectivity index (χ2v) is 13.1. The number of halogens is 4. The number of benzene rings is 4. The highest BCUT2D eigenvalue weighted by Gasteiger charge is 2.32. The van der Waals surface area contributed by atoms with Crippen molar-refractivity contribution in [3.63, 3.8) is 0 Å². The highest BCUT2D eigenvalue weighted by Crippen LogP contribution is 2.32. The minimum absolute atomic E-state index is 0.0615. The lowest BCUT2D eigenvalue weighted by molar-refractivity contribution is -0.137. The van der Waals surface area contributed by atoms with E-state index < -0.39 is 34.0 Å². The van der Waals surface area contributed by atoms with Crippen LogP contribution in [-0.2, 0) is 15.8 Å². The van der Waals surface area contributed by atoms with Gasteiger partial charge in [0.15, 0.2) is 0 Å². The normalized spacial score (nSPS) is 12.5. The fourth-order valence-corrected chi connectivity index (χ4v) is 5.64. The zero-order valence-corrected chi connectivity index (χ0v) is 31.6. The van der Waals surface area contributed by atoms with Gasteiger partial charge in [-0.3, -0.25) is 28.8 Å². The standard InChI is InChI=1S/C21H16F3N3O3.C20H16BrN3O3/c1-12(28)25-15-8-6-13(7-9-15)10-17-19(29)27-18(20(30)26-17)11-14-4-2-3-5-16(14)21(22,23)24;1-12(25)22-15-8-6-13(7-9-15)10-17-19(26)24-18(20(27)23-17)11-14-4-2-3-5-16(14)21/h2-11H,1H3,(H,25,28)(H,26,30)(H,27,29);2-11H,1H3,(H,22,25)(H,23,27)(H,24,26). The van der Waals surface area contributed by atoms with Crippen molar-refractivity contribution in [3.05, 3.63) is 192 Å². The smallest absolute Gasteiger partial charge is 0.326 e. The van der Waals surface area contributed by atoms with Crippen LogP contribution in [-0.4, -0.2) is 31.8 Å². The summed E-state index contributed by atoms with van der Waals surface area (Å²) >= 11 is 3.41. The molecule has 12 nitrogen and oxygen atoms in total. The second kappa shape index (κ2) is 18.0. The molecular formula is C41H32BrF3N6O6. The first kappa shape index (κ1) is 41.1. The Kier molecular flexibility index (Phi) is 13.0. The number of aromatic amines is 4. The summed E-state index contributed by atoms with van der Waals surface area (Å²) < 4.78 is 40.2. The lowest BCUT2D eigenvalue weighted by Crippen LogP contribution is -2.46. The molecule has 0 aliphatic rings. The number of alkyl halides is 3. The molecule has 0 spiro atoms. The Morgan fingerprint density at radius 2 is 0.877 bits per heavy atom. The van der Waals surface area contributed by atoms with Crippen LogP contribution >= 0.6 is 15.9 Å². The van der Waals surface area contributed by atoms with E-state index in [0.717, 1.165) is 22.2 Å². The Morgan fingerprint density at radius 3 is 1.26 bits per heavy atom. The van der Waals surface area contributed by atoms with Gasteiger partial charge in [-0.1, -0.05) is 76.6 Å². The number of aromatic nitrogens is 4. The van der Waals surface area contributed by atoms with Gasteiger partial charge in [0, 0.05) is 29.7 Å². The van der Waals surface area contributed by atoms with Gasteiger partial charge in [-0.2, -0.15) is 13.2 Å². The van der Waals surface area contributed by atoms with E-state index in [-0.39, 0.29) is 38.8 Å². The molecule has 0 radical (unpaired) electrons. The molecule has 6 rings (SSSR count). The maximum absolute atomic E-state index is 13.1. The summed E-state index contributed by atoms with van der Waals surface area (Å²) in [7, 11) is 0. The van der Waals surface area contributed by atoms with Crippen LogP contribution < -0.4 is 54.3 Å². The third-order valence-corrected chi connectivity index (χ3v) is 8.55. The van der Waals surface area contributed by atoms with Gasteiger partial charge in [0.25, 0.3) is 22.2 Å². The lowest BCUT2D eigenvalue weighted by atomic mass is 10.1. The van der Waals surface area contributed by atoms with E-state index in [2.05, 4.69) is 46.5 Å². The number of anilines is 2. The molecular weight excluding hydrogens is 809 g/mol. The maximum Gasteiger partial charge on any atom is 0.416 e. The third kappa shape index (κ3) is 11.5. The predicted molar refractivity (Wildman–Crippen MR) is 215 cm³/mol. The van der Waals surface area contributed by atoms with E-state index in [1.165, 1.54) is 38.1 Å². The van der Waals surface area contributed by atoms with E-state index >= 15 is 0 Å². The Bertz CT molecular complexity index is 2950. The second-order valence-electron chi connectivity index (χ2n) is 12.3. The van der Waals surface area contributed by atoms with Crippen molar-refractivity contribution in [1.29, 1.82) is 0 Å². The predicted octanol–water partition coefficient (Wildman–Crippen LogP) is 3.14. The van der Waals surface area contributed by atoms with Crippen molar-refractivity contribution in [2.75, 3.05) is 10.6 Å². The third-order valence-electron chi connectivity index (χ3n) is 7.83. The molecule has 0 fully saturated rings. The molecule has 0 saturated heterocycles. The van der Waals surface area contributed by atoms with E-state index in [0.29, 0.717) is 22.5 Å². The Hall–Kier alpha value is -7.07. The number of hydrogen-bond donors (Lipinski definition) is 6. The van der Waals surface area contributed by atoms with Crippen molar-refractivity contribution in [2.24, 2.45) is 0 Å². The van der Waals surface area contributed by atoms with Gasteiger partial charge in [0.2, 0.25) is 11.8 Å². The fraction of sp³-hybridized carbons (Fsp3) is 0.0732. The quantitative estimate of drug-likeness (QED) is 0.150. The summed E-state index contributed by atoms with van der Waals surface area (Å²) in [5.41, 5.74) is -0.0808. The summed E-state index contributed by atoms with van der Waals surface area (Å²) in [5, 5.41) is 5.23. The molecule has 0 atom stereocenters. The van der Waals surface area contributed by atoms with Crippen LogP contribution in [0, 0.1) is 0 Å². The first-order valence-corrected chi connectivity index (χ1v) is 17.6. The van der Waals surface area contributed by atoms with Crippen molar-refractivity contribution >= 4 is 63.4 Å². The Balaban J connectivity index is 0.000000219. The van der Waals surface area contributed by atoms with E-state index in [1.54, 1.807) is 60.7 Å². The Morgan fingerprint density at radius 1 is 0.526 bits per heavy atom. The van der Waals surface area contributed by atoms with Gasteiger partial charge in [0.05, 0.1) is 5.56 Å². The van der Waals surface area contributed by atoms with Gasteiger partial charge in [-0.25, -0.2) is 0 Å². The summed E-state index contributed by atoms with van der Waals surface area (Å²) in [6, 6.07) is 25.5. The van der Waals surface area contributed by atoms with Crippen molar-refractivity contribution in [2.45, 2.75) is 20.0 Å². The molecule has 2 heterocycles. The minimum atomic E-state index is -4.60. The molecule has 0 bridgehead atoms. The number of rotatable bonds is 6. The van der Waals surface area contributed by atoms with Crippen LogP contribution in [0.15, 0.2) is 121 Å². The van der Waals surface area contributed by atoms with Crippen molar-refractivity contribution in [1.82, 2.24) is 19.9 Å². The zero-order valence-electron chi connectivity index (χ0n) is 30.0. The summed E-state index contributed by atoms with van der Waals surface area (Å²) in [4.78, 5) is 81.3. The van der Waals surface area contributed by atoms with Crippen LogP contribution in [0.1, 0.15) is 41.7 Å². The van der Waals surface area contributed by atoms with Crippen LogP contribution in [0.25, 0.3) is 24.3 Å². The van der Waals surface area contributed by atoms with Crippen molar-refractivity contribution < 1.29 is 22.8 Å². The number of carbonyl (C=O) groups is 2. The van der Waals surface area contributed by atoms with Gasteiger partial charge in [0.1, 0.15) is 21.4 Å². The average Bonchev–Trinajstić information content (AvgIpc) is 3.14. The SMILES string of the molecule is CC(=O)Nc1ccc(C=c2[nH]c(=O)c(=Cc3ccccc3Br)[nH]c2=O)cc1.CC(=O)Nc1ccc(C=c2[nH]c(=O)c(=Cc3ccccc3C(F)(F)F)[nH]c2=O)cc1. The van der Waals surface area contributed by atoms with Crippen molar-refractivity contribution in [3.8, 4) is 0 Å². The van der Waals surface area contributed by atoms with Gasteiger partial charge < -0.3 is 30.6 Å². The van der Waals surface area contributed by atoms with Crippen LogP contribution in [0.3, 0.4) is 0 Å². The largest absolute Gasteiger partial charge is 0.416 e. The highest BCUT2D eigenvalue weighted by molar-refractivity contribution is 9.10. The molecule has 4 aromatic carbocycles. The summed E-state index contributed by atoms with van der Waals surface area (Å²) in [5.74, 6) is -0.393. The molecule has 16 heteroatoms. The molecule has 6 aromatic rings. The van der Waals surface area contributed by atoms with E-state index in [9.17, 15) is 41.9 Å². The molecule has 57 heavy (non-hydrogen) atoms. The summed E-state index contributed by atoms with van der Waals surface area (Å²) in [6.45, 7) is 2.80. The number of nitrogens with one attached hydrogen (secondary N) is 6. The van der Waals surface area contributed by atoms with Crippen LogP contribution in [0.4, 0.5) is 24.5 Å². The average molecular weight is 842 g/mol. The molecule has 0 aliphatic heterocycles. The molecule has 2 aromatic heterocycles. The maximum atomic E-state index is 13.1. The number of H-pyrrole nitrogens is 4. The lowest BCUT2D eigenvalue weighted by Gasteiger charge is -2.09. The monoisotopic (exact) mass is 840 g/mol. The first-order chi connectivity index (χ1) is 27.0. The highest BCUT2D eigenvalue weighted by atomic mass is 79.9. The molecule has 0 saturated carbocycles. The summed E-state index contributed by atoms with van der Waals surface area (Å²) in [6.07, 6.45) is 0.966. The molecule has 6 N–H and O–H groups in total. The Labute approximate surface area is 328 Å². The number of carbonyl (C=O) groups excluding carboxylic acids is 2. The zero-order chi connectivity index (χ0) is 41.3. The van der Waals surface area contributed by atoms with Gasteiger partial charge in [-0.05, 0) is 83.0 Å². The molecule has 0 aliphatic carbocycles. The minimum Gasteiger partial charge on any atom is -0.326 e. The molecule has 290 valence electrons. The first-order valence-electron chi connectivity index (χ1n) is 16.8. The number of hydrogen-bond acceptors (Lipinski definition) is 6. The fourth-order valence-electron chi connectivity index (χ4n) is 5.24. The molecule has 0 unspecified atom stereocenters. The van der Waals surface area contributed by atoms with E-state index in [1.807, 2.05) is 24.3 Å². The molecule has 2 amide bonds. The van der Waals surface area contributed by atoms with Crippen LogP contribution in [0.5, 0.6) is 0 Å². The van der Waals surface area contributed by atoms with Crippen LogP contribution in [0.2, 0.25) is 0 Å². The van der Waals surface area contributed by atoms with Gasteiger partial charge >= 0.3 is 6.18 Å². The topological polar surface area (TPSA) is 190 Å².